The molecule has 0 aliphatic carbocycles. The van der Waals surface area contributed by atoms with Crippen molar-refractivity contribution in [2.45, 2.75) is 32.6 Å². The van der Waals surface area contributed by atoms with Crippen LogP contribution in [0.3, 0.4) is 0 Å². The minimum atomic E-state index is -0.0763. The van der Waals surface area contributed by atoms with Crippen LogP contribution in [-0.2, 0) is 11.2 Å². The van der Waals surface area contributed by atoms with Crippen LogP contribution < -0.4 is 10.1 Å². The van der Waals surface area contributed by atoms with Crippen LogP contribution in [0.25, 0.3) is 0 Å². The van der Waals surface area contributed by atoms with Gasteiger partial charge in [0.1, 0.15) is 5.75 Å². The summed E-state index contributed by atoms with van der Waals surface area (Å²) in [6.45, 7) is 4.79. The summed E-state index contributed by atoms with van der Waals surface area (Å²) in [5.41, 5.74) is 0.909. The fraction of sp³-hybridized carbons (Fsp3) is 0.412. The Morgan fingerprint density at radius 2 is 2.26 bits per heavy atom. The molecule has 6 heteroatoms. The average molecular weight is 353 g/mol. The van der Waals surface area contributed by atoms with Gasteiger partial charge >= 0.3 is 0 Å². The standard InChI is InChI=1S/C17H21ClN2O2S/c1-12(2)15-11-19-17(23-15)20-16(21)10-13-5-3-6-14(9-13)22-8-4-7-18/h3,5-6,9,11-12H,4,7-8,10H2,1-2H3,(H,19,20,21). The molecule has 0 saturated heterocycles. The number of aromatic nitrogens is 1. The van der Waals surface area contributed by atoms with Crippen LogP contribution in [0.1, 0.15) is 36.6 Å². The van der Waals surface area contributed by atoms with E-state index in [0.717, 1.165) is 22.6 Å². The lowest BCUT2D eigenvalue weighted by molar-refractivity contribution is -0.115. The molecule has 0 unspecified atom stereocenters. The van der Waals surface area contributed by atoms with Crippen molar-refractivity contribution in [3.63, 3.8) is 0 Å². The number of amides is 1. The van der Waals surface area contributed by atoms with Gasteiger partial charge in [0, 0.05) is 17.0 Å². The van der Waals surface area contributed by atoms with E-state index in [9.17, 15) is 4.79 Å². The predicted molar refractivity (Wildman–Crippen MR) is 95.8 cm³/mol. The van der Waals surface area contributed by atoms with Crippen molar-refractivity contribution in [2.75, 3.05) is 17.8 Å². The summed E-state index contributed by atoms with van der Waals surface area (Å²) >= 11 is 7.14. The van der Waals surface area contributed by atoms with E-state index in [1.54, 1.807) is 0 Å². The monoisotopic (exact) mass is 352 g/mol. The van der Waals surface area contributed by atoms with Crippen molar-refractivity contribution in [3.05, 3.63) is 40.9 Å². The Bertz CT molecular complexity index is 643. The molecule has 1 aromatic heterocycles. The first-order chi connectivity index (χ1) is 11.1. The number of halogens is 1. The van der Waals surface area contributed by atoms with Crippen molar-refractivity contribution in [1.29, 1.82) is 0 Å². The second-order valence-electron chi connectivity index (χ2n) is 5.49. The van der Waals surface area contributed by atoms with Gasteiger partial charge in [-0.1, -0.05) is 26.0 Å². The highest BCUT2D eigenvalue weighted by molar-refractivity contribution is 7.15. The van der Waals surface area contributed by atoms with Crippen LogP contribution in [0.2, 0.25) is 0 Å². The molecule has 0 aliphatic heterocycles. The largest absolute Gasteiger partial charge is 0.494 e. The third kappa shape index (κ3) is 5.84. The molecule has 0 spiro atoms. The van der Waals surface area contributed by atoms with Crippen molar-refractivity contribution >= 4 is 34.0 Å². The Hall–Kier alpha value is -1.59. The van der Waals surface area contributed by atoms with Gasteiger partial charge in [-0.3, -0.25) is 4.79 Å². The molecule has 0 radical (unpaired) electrons. The number of carbonyl (C=O) groups is 1. The van der Waals surface area contributed by atoms with Gasteiger partial charge < -0.3 is 10.1 Å². The Morgan fingerprint density at radius 1 is 1.43 bits per heavy atom. The summed E-state index contributed by atoms with van der Waals surface area (Å²) in [6.07, 6.45) is 2.91. The lowest BCUT2D eigenvalue weighted by Crippen LogP contribution is -2.14. The van der Waals surface area contributed by atoms with Gasteiger partial charge in [-0.15, -0.1) is 22.9 Å². The highest BCUT2D eigenvalue weighted by atomic mass is 35.5. The van der Waals surface area contributed by atoms with Crippen molar-refractivity contribution in [3.8, 4) is 5.75 Å². The number of nitrogens with one attached hydrogen (secondary N) is 1. The minimum absolute atomic E-state index is 0.0763. The Kier molecular flexibility index (Phi) is 6.86. The summed E-state index contributed by atoms with van der Waals surface area (Å²) in [6, 6.07) is 7.56. The van der Waals surface area contributed by atoms with E-state index >= 15 is 0 Å². The maximum atomic E-state index is 12.1. The second kappa shape index (κ2) is 8.89. The molecule has 124 valence electrons. The number of ether oxygens (including phenoxy) is 1. The molecule has 1 heterocycles. The number of thiazole rings is 1. The maximum absolute atomic E-state index is 12.1. The molecule has 1 aromatic carbocycles. The van der Waals surface area contributed by atoms with Gasteiger partial charge in [0.05, 0.1) is 13.0 Å². The lowest BCUT2D eigenvalue weighted by Gasteiger charge is -2.07. The molecule has 0 aliphatic rings. The summed E-state index contributed by atoms with van der Waals surface area (Å²) < 4.78 is 5.59. The van der Waals surface area contributed by atoms with Crippen molar-refractivity contribution in [2.24, 2.45) is 0 Å². The number of benzene rings is 1. The van der Waals surface area contributed by atoms with E-state index in [1.165, 1.54) is 11.3 Å². The van der Waals surface area contributed by atoms with E-state index in [2.05, 4.69) is 24.1 Å². The third-order valence-electron chi connectivity index (χ3n) is 3.15. The van der Waals surface area contributed by atoms with Crippen LogP contribution in [0, 0.1) is 0 Å². The van der Waals surface area contributed by atoms with E-state index in [0.29, 0.717) is 30.0 Å². The van der Waals surface area contributed by atoms with Gasteiger partial charge in [-0.05, 0) is 30.0 Å². The summed E-state index contributed by atoms with van der Waals surface area (Å²) in [7, 11) is 0. The van der Waals surface area contributed by atoms with Gasteiger partial charge in [0.2, 0.25) is 5.91 Å². The molecule has 0 atom stereocenters. The summed E-state index contributed by atoms with van der Waals surface area (Å²) in [5, 5.41) is 3.49. The van der Waals surface area contributed by atoms with Crippen LogP contribution in [0.15, 0.2) is 30.5 Å². The smallest absolute Gasteiger partial charge is 0.230 e. The van der Waals surface area contributed by atoms with Gasteiger partial charge in [-0.2, -0.15) is 0 Å². The summed E-state index contributed by atoms with van der Waals surface area (Å²) in [5.74, 6) is 1.68. The number of alkyl halides is 1. The van der Waals surface area contributed by atoms with Gasteiger partial charge in [0.15, 0.2) is 5.13 Å². The zero-order chi connectivity index (χ0) is 16.7. The van der Waals surface area contributed by atoms with Crippen LogP contribution in [0.4, 0.5) is 5.13 Å². The topological polar surface area (TPSA) is 51.2 Å². The minimum Gasteiger partial charge on any atom is -0.494 e. The molecule has 0 fully saturated rings. The average Bonchev–Trinajstić information content (AvgIpc) is 2.96. The number of nitrogens with zero attached hydrogens (tertiary/aromatic N) is 1. The highest BCUT2D eigenvalue weighted by Crippen LogP contribution is 2.25. The predicted octanol–water partition coefficient (Wildman–Crippen LogP) is 4.46. The Labute approximate surface area is 145 Å². The number of anilines is 1. The van der Waals surface area contributed by atoms with Crippen molar-refractivity contribution < 1.29 is 9.53 Å². The van der Waals surface area contributed by atoms with Crippen LogP contribution in [0.5, 0.6) is 5.75 Å². The normalized spacial score (nSPS) is 10.8. The second-order valence-corrected chi connectivity index (χ2v) is 6.93. The van der Waals surface area contributed by atoms with Crippen LogP contribution >= 0.6 is 22.9 Å². The van der Waals surface area contributed by atoms with Gasteiger partial charge in [-0.25, -0.2) is 4.98 Å². The molecule has 0 saturated carbocycles. The molecule has 4 nitrogen and oxygen atoms in total. The zero-order valence-electron chi connectivity index (χ0n) is 13.3. The van der Waals surface area contributed by atoms with Gasteiger partial charge in [0.25, 0.3) is 0 Å². The molecule has 23 heavy (non-hydrogen) atoms. The molecule has 1 N–H and O–H groups in total. The van der Waals surface area contributed by atoms with Crippen molar-refractivity contribution in [1.82, 2.24) is 4.98 Å². The first-order valence-corrected chi connectivity index (χ1v) is 8.97. The van der Waals surface area contributed by atoms with E-state index < -0.39 is 0 Å². The molecule has 1 amide bonds. The van der Waals surface area contributed by atoms with E-state index in [1.807, 2.05) is 30.5 Å². The molecule has 2 rings (SSSR count). The fourth-order valence-electron chi connectivity index (χ4n) is 1.95. The molecular weight excluding hydrogens is 332 g/mol. The maximum Gasteiger partial charge on any atom is 0.230 e. The highest BCUT2D eigenvalue weighted by Gasteiger charge is 2.10. The van der Waals surface area contributed by atoms with Crippen LogP contribution in [-0.4, -0.2) is 23.4 Å². The first-order valence-electron chi connectivity index (χ1n) is 7.61. The number of hydrogen-bond acceptors (Lipinski definition) is 4. The quantitative estimate of drug-likeness (QED) is 0.564. The first kappa shape index (κ1) is 17.8. The number of carbonyl (C=O) groups excluding carboxylic acids is 1. The number of hydrogen-bond donors (Lipinski definition) is 1. The number of rotatable bonds is 8. The fourth-order valence-corrected chi connectivity index (χ4v) is 2.89. The molecule has 0 bridgehead atoms. The zero-order valence-corrected chi connectivity index (χ0v) is 14.9. The lowest BCUT2D eigenvalue weighted by atomic mass is 10.1. The Morgan fingerprint density at radius 3 is 2.96 bits per heavy atom. The summed E-state index contributed by atoms with van der Waals surface area (Å²) in [4.78, 5) is 17.5. The third-order valence-corrected chi connectivity index (χ3v) is 4.63. The SMILES string of the molecule is CC(C)c1cnc(NC(=O)Cc2cccc(OCCCCl)c2)s1. The van der Waals surface area contributed by atoms with E-state index in [4.69, 9.17) is 16.3 Å². The Balaban J connectivity index is 1.90. The van der Waals surface area contributed by atoms with E-state index in [-0.39, 0.29) is 5.91 Å². The molecular formula is C17H21ClN2O2S. The molecule has 2 aromatic rings.